The Morgan fingerprint density at radius 1 is 1.06 bits per heavy atom. The van der Waals surface area contributed by atoms with Gasteiger partial charge in [-0.05, 0) is 62.7 Å². The van der Waals surface area contributed by atoms with Gasteiger partial charge in [-0.25, -0.2) is 13.8 Å². The molecular formula is C23H23Cl3N4O3S. The summed E-state index contributed by atoms with van der Waals surface area (Å²) in [6, 6.07) is 12.1. The summed E-state index contributed by atoms with van der Waals surface area (Å²) >= 11 is 18.2. The number of carbonyl (C=O) groups excluding carboxylic acids is 1. The van der Waals surface area contributed by atoms with Crippen LogP contribution in [0.3, 0.4) is 0 Å². The zero-order chi connectivity index (χ0) is 25.2. The highest BCUT2D eigenvalue weighted by Crippen LogP contribution is 2.28. The summed E-state index contributed by atoms with van der Waals surface area (Å²) in [5.41, 5.74) is 6.82. The van der Waals surface area contributed by atoms with Gasteiger partial charge in [-0.2, -0.15) is 5.10 Å². The highest BCUT2D eigenvalue weighted by molar-refractivity contribution is 7.92. The molecule has 34 heavy (non-hydrogen) atoms. The largest absolute Gasteiger partial charge is 0.318 e. The lowest BCUT2D eigenvalue weighted by molar-refractivity contribution is -0.119. The Kier molecular flexibility index (Phi) is 7.98. The first-order chi connectivity index (χ1) is 15.9. The minimum absolute atomic E-state index is 0.333. The lowest BCUT2D eigenvalue weighted by Crippen LogP contribution is -2.39. The fourth-order valence-corrected chi connectivity index (χ4v) is 4.88. The van der Waals surface area contributed by atoms with Crippen molar-refractivity contribution < 1.29 is 13.2 Å². The number of rotatable bonds is 7. The van der Waals surface area contributed by atoms with E-state index in [1.54, 1.807) is 31.2 Å². The number of hydrogen-bond donors (Lipinski definition) is 1. The summed E-state index contributed by atoms with van der Waals surface area (Å²) in [5.74, 6) is -0.598. The van der Waals surface area contributed by atoms with E-state index >= 15 is 0 Å². The minimum atomic E-state index is -3.74. The van der Waals surface area contributed by atoms with Crippen molar-refractivity contribution in [1.82, 2.24) is 9.99 Å². The molecule has 1 amide bonds. The third kappa shape index (κ3) is 5.93. The first-order valence-electron chi connectivity index (χ1n) is 10.1. The molecule has 11 heteroatoms. The number of anilines is 1. The number of nitrogens with one attached hydrogen (secondary N) is 1. The van der Waals surface area contributed by atoms with Gasteiger partial charge in [0.25, 0.3) is 5.91 Å². The molecular weight excluding hydrogens is 519 g/mol. The van der Waals surface area contributed by atoms with Crippen molar-refractivity contribution in [3.8, 4) is 5.69 Å². The zero-order valence-corrected chi connectivity index (χ0v) is 22.0. The summed E-state index contributed by atoms with van der Waals surface area (Å²) in [6.07, 6.45) is 2.53. The molecule has 0 saturated carbocycles. The second-order valence-electron chi connectivity index (χ2n) is 7.75. The van der Waals surface area contributed by atoms with Crippen molar-refractivity contribution in [2.75, 3.05) is 17.1 Å². The number of amides is 1. The van der Waals surface area contributed by atoms with Crippen molar-refractivity contribution in [3.05, 3.63) is 80.0 Å². The Labute approximate surface area is 214 Å². The van der Waals surface area contributed by atoms with E-state index in [1.807, 2.05) is 30.5 Å². The van der Waals surface area contributed by atoms with Gasteiger partial charge in [0.05, 0.1) is 28.2 Å². The number of nitrogens with zero attached hydrogens (tertiary/aromatic N) is 3. The first kappa shape index (κ1) is 26.1. The molecule has 0 radical (unpaired) electrons. The molecule has 0 saturated heterocycles. The number of aromatic nitrogens is 1. The van der Waals surface area contributed by atoms with Crippen LogP contribution in [0.2, 0.25) is 15.1 Å². The second-order valence-corrected chi connectivity index (χ2v) is 10.9. The number of carbonyl (C=O) groups is 1. The van der Waals surface area contributed by atoms with E-state index < -0.39 is 22.5 Å². The first-order valence-corrected chi connectivity index (χ1v) is 13.1. The van der Waals surface area contributed by atoms with Crippen LogP contribution >= 0.6 is 34.8 Å². The van der Waals surface area contributed by atoms with Crippen LogP contribution in [-0.2, 0) is 14.8 Å². The molecule has 0 aliphatic rings. The van der Waals surface area contributed by atoms with Crippen molar-refractivity contribution in [2.24, 2.45) is 5.10 Å². The number of halogens is 3. The molecule has 3 rings (SSSR count). The van der Waals surface area contributed by atoms with E-state index in [0.29, 0.717) is 26.3 Å². The van der Waals surface area contributed by atoms with E-state index in [9.17, 15) is 13.2 Å². The predicted octanol–water partition coefficient (Wildman–Crippen LogP) is 5.28. The maximum Gasteiger partial charge on any atom is 0.260 e. The van der Waals surface area contributed by atoms with E-state index in [0.717, 1.165) is 33.2 Å². The molecule has 0 atom stereocenters. The van der Waals surface area contributed by atoms with Crippen LogP contribution in [0, 0.1) is 20.8 Å². The maximum atomic E-state index is 12.5. The molecule has 0 spiro atoms. The molecule has 2 aromatic carbocycles. The minimum Gasteiger partial charge on any atom is -0.318 e. The Bertz CT molecular complexity index is 1380. The van der Waals surface area contributed by atoms with Crippen LogP contribution < -0.4 is 9.73 Å². The molecule has 1 aromatic heterocycles. The third-order valence-corrected chi connectivity index (χ3v) is 7.25. The fraction of sp³-hybridized carbons (Fsp3) is 0.217. The molecule has 0 fully saturated rings. The summed E-state index contributed by atoms with van der Waals surface area (Å²) in [6.45, 7) is 5.14. The highest BCUT2D eigenvalue weighted by Gasteiger charge is 2.22. The van der Waals surface area contributed by atoms with Gasteiger partial charge >= 0.3 is 0 Å². The predicted molar refractivity (Wildman–Crippen MR) is 139 cm³/mol. The summed E-state index contributed by atoms with van der Waals surface area (Å²) in [7, 11) is -3.74. The number of benzene rings is 2. The average molecular weight is 542 g/mol. The Hall–Kier alpha value is -2.52. The lowest BCUT2D eigenvalue weighted by atomic mass is 10.2. The van der Waals surface area contributed by atoms with Gasteiger partial charge in [-0.1, -0.05) is 40.9 Å². The van der Waals surface area contributed by atoms with Crippen molar-refractivity contribution >= 4 is 62.6 Å². The third-order valence-electron chi connectivity index (χ3n) is 5.15. The van der Waals surface area contributed by atoms with E-state index in [4.69, 9.17) is 34.8 Å². The van der Waals surface area contributed by atoms with Gasteiger partial charge in [0.1, 0.15) is 6.54 Å². The highest BCUT2D eigenvalue weighted by atomic mass is 35.5. The molecule has 0 unspecified atom stereocenters. The number of hydrazone groups is 1. The summed E-state index contributed by atoms with van der Waals surface area (Å²) in [5, 5.41) is 5.29. The van der Waals surface area contributed by atoms with Gasteiger partial charge in [0.2, 0.25) is 10.0 Å². The van der Waals surface area contributed by atoms with Gasteiger partial charge in [0.15, 0.2) is 0 Å². The summed E-state index contributed by atoms with van der Waals surface area (Å²) < 4.78 is 27.6. The van der Waals surface area contributed by atoms with Gasteiger partial charge in [0, 0.05) is 27.7 Å². The SMILES string of the molecule is Cc1ccc(Cl)cc1N(CC(=O)N/N=C\c1cc(C)n(-c2ccc(Cl)c(Cl)c2)c1C)S(C)(=O)=O. The number of hydrogen-bond acceptors (Lipinski definition) is 4. The van der Waals surface area contributed by atoms with Gasteiger partial charge in [-0.15, -0.1) is 0 Å². The number of aryl methyl sites for hydroxylation is 2. The maximum absolute atomic E-state index is 12.5. The smallest absolute Gasteiger partial charge is 0.260 e. The zero-order valence-electron chi connectivity index (χ0n) is 18.9. The molecule has 0 bridgehead atoms. The summed E-state index contributed by atoms with van der Waals surface area (Å²) in [4.78, 5) is 12.5. The van der Waals surface area contributed by atoms with Crippen molar-refractivity contribution in [3.63, 3.8) is 0 Å². The Balaban J connectivity index is 1.78. The van der Waals surface area contributed by atoms with Crippen LogP contribution in [-0.4, -0.2) is 37.9 Å². The molecule has 1 N–H and O–H groups in total. The molecule has 0 aliphatic heterocycles. The van der Waals surface area contributed by atoms with Gasteiger partial charge in [-0.3, -0.25) is 9.10 Å². The fourth-order valence-electron chi connectivity index (χ4n) is 3.51. The standard InChI is InChI=1S/C23H23Cl3N4O3S/c1-14-5-6-18(24)10-22(14)29(34(4,32)33)13-23(31)28-27-12-17-9-15(2)30(16(17)3)19-7-8-20(25)21(26)11-19/h5-12H,13H2,1-4H3,(H,28,31)/b27-12-. The molecule has 3 aromatic rings. The van der Waals surface area contributed by atoms with Crippen LogP contribution in [0.4, 0.5) is 5.69 Å². The molecule has 180 valence electrons. The molecule has 7 nitrogen and oxygen atoms in total. The van der Waals surface area contributed by atoms with Crippen molar-refractivity contribution in [2.45, 2.75) is 20.8 Å². The van der Waals surface area contributed by atoms with Gasteiger partial charge < -0.3 is 4.57 Å². The van der Waals surface area contributed by atoms with Crippen LogP contribution in [0.25, 0.3) is 5.69 Å². The lowest BCUT2D eigenvalue weighted by Gasteiger charge is -2.23. The quantitative estimate of drug-likeness (QED) is 0.326. The molecule has 1 heterocycles. The van der Waals surface area contributed by atoms with E-state index in [2.05, 4.69) is 10.5 Å². The van der Waals surface area contributed by atoms with E-state index in [1.165, 1.54) is 12.3 Å². The molecule has 0 aliphatic carbocycles. The van der Waals surface area contributed by atoms with Crippen molar-refractivity contribution in [1.29, 1.82) is 0 Å². The monoisotopic (exact) mass is 540 g/mol. The topological polar surface area (TPSA) is 83.8 Å². The van der Waals surface area contributed by atoms with Crippen LogP contribution in [0.1, 0.15) is 22.5 Å². The Morgan fingerprint density at radius 2 is 1.76 bits per heavy atom. The average Bonchev–Trinajstić information content (AvgIpc) is 3.02. The van der Waals surface area contributed by atoms with E-state index in [-0.39, 0.29) is 0 Å². The normalized spacial score (nSPS) is 11.7. The number of sulfonamides is 1. The van der Waals surface area contributed by atoms with Crippen LogP contribution in [0.15, 0.2) is 47.6 Å². The van der Waals surface area contributed by atoms with Crippen LogP contribution in [0.5, 0.6) is 0 Å². The second kappa shape index (κ2) is 10.4. The Morgan fingerprint density at radius 3 is 2.41 bits per heavy atom.